The molecule has 1 rings (SSSR count). The maximum Gasteiger partial charge on any atom is 0.372 e. The maximum atomic E-state index is 11.8. The molecular weight excluding hydrogens is 256 g/mol. The number of rotatable bonds is 6. The zero-order chi connectivity index (χ0) is 13.7. The lowest BCUT2D eigenvalue weighted by atomic mass is 9.97. The zero-order valence-electron chi connectivity index (χ0n) is 9.85. The average Bonchev–Trinajstić information content (AvgIpc) is 2.35. The van der Waals surface area contributed by atoms with Crippen LogP contribution in [0.5, 0.6) is 0 Å². The lowest BCUT2D eigenvalue weighted by Crippen LogP contribution is -2.21. The number of hydrogen-bond acceptors (Lipinski definition) is 3. The minimum Gasteiger partial charge on any atom is -0.475 e. The fraction of sp³-hybridized carbons (Fsp3) is 0.308. The highest BCUT2D eigenvalue weighted by Crippen LogP contribution is 2.14. The maximum absolute atomic E-state index is 11.8. The Kier molecular flexibility index (Phi) is 5.04. The summed E-state index contributed by atoms with van der Waals surface area (Å²) in [5, 5.41) is 9.06. The predicted octanol–water partition coefficient (Wildman–Crippen LogP) is 2.59. The van der Waals surface area contributed by atoms with Gasteiger partial charge >= 0.3 is 5.97 Å². The van der Waals surface area contributed by atoms with Crippen LogP contribution in [0.25, 0.3) is 0 Å². The molecule has 1 unspecified atom stereocenters. The molecule has 0 aliphatic carbocycles. The van der Waals surface area contributed by atoms with Crippen molar-refractivity contribution < 1.29 is 19.5 Å². The van der Waals surface area contributed by atoms with Gasteiger partial charge in [-0.25, -0.2) is 4.79 Å². The third-order valence-corrected chi connectivity index (χ3v) is 2.88. The van der Waals surface area contributed by atoms with Crippen LogP contribution in [0.3, 0.4) is 0 Å². The first-order valence-electron chi connectivity index (χ1n) is 5.47. The Labute approximate surface area is 110 Å². The number of carbonyl (C=O) groups excluding carboxylic acids is 2. The summed E-state index contributed by atoms with van der Waals surface area (Å²) in [6.07, 6.45) is 0.369. The van der Waals surface area contributed by atoms with Crippen LogP contribution in [0, 0.1) is 5.92 Å². The third-order valence-electron chi connectivity index (χ3n) is 2.63. The molecular formula is C13H13ClO4. The summed E-state index contributed by atoms with van der Waals surface area (Å²) in [4.78, 5) is 33.3. The second kappa shape index (κ2) is 6.31. The van der Waals surface area contributed by atoms with E-state index in [9.17, 15) is 14.4 Å². The number of ketones is 2. The summed E-state index contributed by atoms with van der Waals surface area (Å²) in [6.45, 7) is 1.51. The highest BCUT2D eigenvalue weighted by Gasteiger charge is 2.21. The van der Waals surface area contributed by atoms with E-state index in [4.69, 9.17) is 16.7 Å². The van der Waals surface area contributed by atoms with Crippen molar-refractivity contribution in [2.45, 2.75) is 19.8 Å². The number of halogens is 1. The number of carboxylic acids is 1. The van der Waals surface area contributed by atoms with E-state index in [2.05, 4.69) is 0 Å². The Hall–Kier alpha value is -1.68. The van der Waals surface area contributed by atoms with Gasteiger partial charge in [-0.2, -0.15) is 0 Å². The lowest BCUT2D eigenvalue weighted by Gasteiger charge is -2.06. The summed E-state index contributed by atoms with van der Waals surface area (Å²) >= 11 is 5.70. The van der Waals surface area contributed by atoms with E-state index >= 15 is 0 Å². The Morgan fingerprint density at radius 1 is 1.22 bits per heavy atom. The van der Waals surface area contributed by atoms with Gasteiger partial charge in [0.05, 0.1) is 0 Å². The molecule has 0 bridgehead atoms. The highest BCUT2D eigenvalue weighted by atomic mass is 35.5. The molecule has 1 atom stereocenters. The van der Waals surface area contributed by atoms with Gasteiger partial charge in [0.25, 0.3) is 0 Å². The van der Waals surface area contributed by atoms with Gasteiger partial charge in [-0.15, -0.1) is 0 Å². The van der Waals surface area contributed by atoms with Crippen LogP contribution in [0.1, 0.15) is 30.1 Å². The fourth-order valence-electron chi connectivity index (χ4n) is 1.47. The Morgan fingerprint density at radius 2 is 1.78 bits per heavy atom. The number of hydrogen-bond donors (Lipinski definition) is 1. The number of Topliss-reactive ketones (excluding diaryl/α,β-unsaturated/α-hetero) is 2. The van der Waals surface area contributed by atoms with Crippen LogP contribution >= 0.6 is 11.6 Å². The lowest BCUT2D eigenvalue weighted by molar-refractivity contribution is -0.150. The van der Waals surface area contributed by atoms with Crippen molar-refractivity contribution in [3.63, 3.8) is 0 Å². The van der Waals surface area contributed by atoms with Gasteiger partial charge in [-0.05, 0) is 30.7 Å². The molecule has 0 heterocycles. The first-order valence-corrected chi connectivity index (χ1v) is 5.85. The molecule has 0 aromatic heterocycles. The van der Waals surface area contributed by atoms with Crippen LogP contribution in [-0.4, -0.2) is 22.6 Å². The van der Waals surface area contributed by atoms with Gasteiger partial charge in [0.15, 0.2) is 5.78 Å². The molecule has 1 N–H and O–H groups in total. The van der Waals surface area contributed by atoms with Crippen LogP contribution in [0.15, 0.2) is 24.3 Å². The van der Waals surface area contributed by atoms with Crippen LogP contribution in [0.2, 0.25) is 5.02 Å². The van der Waals surface area contributed by atoms with Crippen LogP contribution in [-0.2, 0) is 9.59 Å². The second-order valence-electron chi connectivity index (χ2n) is 4.04. The zero-order valence-corrected chi connectivity index (χ0v) is 10.6. The third kappa shape index (κ3) is 3.96. The molecule has 0 saturated carbocycles. The van der Waals surface area contributed by atoms with Crippen molar-refractivity contribution in [2.75, 3.05) is 0 Å². The Morgan fingerprint density at radius 3 is 2.28 bits per heavy atom. The number of carbonyl (C=O) groups is 3. The Balaban J connectivity index is 2.54. The SMILES string of the molecule is CC(CCC(=O)c1ccc(Cl)cc1)C(=O)C(=O)O. The molecule has 18 heavy (non-hydrogen) atoms. The first-order chi connectivity index (χ1) is 8.41. The smallest absolute Gasteiger partial charge is 0.372 e. The molecule has 4 nitrogen and oxygen atoms in total. The summed E-state index contributed by atoms with van der Waals surface area (Å²) < 4.78 is 0. The van der Waals surface area contributed by atoms with Crippen molar-refractivity contribution in [2.24, 2.45) is 5.92 Å². The van der Waals surface area contributed by atoms with Gasteiger partial charge < -0.3 is 5.11 Å². The van der Waals surface area contributed by atoms with Gasteiger partial charge in [-0.3, -0.25) is 9.59 Å². The summed E-state index contributed by atoms with van der Waals surface area (Å²) in [5.74, 6) is -3.10. The summed E-state index contributed by atoms with van der Waals surface area (Å²) in [5.41, 5.74) is 0.509. The topological polar surface area (TPSA) is 71.4 Å². The number of benzene rings is 1. The Bertz CT molecular complexity index is 464. The van der Waals surface area contributed by atoms with Gasteiger partial charge in [0.2, 0.25) is 5.78 Å². The predicted molar refractivity (Wildman–Crippen MR) is 66.8 cm³/mol. The van der Waals surface area contributed by atoms with Crippen molar-refractivity contribution in [3.05, 3.63) is 34.9 Å². The van der Waals surface area contributed by atoms with Crippen molar-refractivity contribution in [1.82, 2.24) is 0 Å². The molecule has 96 valence electrons. The monoisotopic (exact) mass is 268 g/mol. The molecule has 0 saturated heterocycles. The minimum atomic E-state index is -1.46. The molecule has 0 aliphatic rings. The van der Waals surface area contributed by atoms with Gasteiger partial charge in [0.1, 0.15) is 0 Å². The van der Waals surface area contributed by atoms with E-state index in [1.807, 2.05) is 0 Å². The molecule has 1 aromatic carbocycles. The van der Waals surface area contributed by atoms with E-state index < -0.39 is 17.7 Å². The standard InChI is InChI=1S/C13H13ClO4/c1-8(12(16)13(17)18)2-7-11(15)9-3-5-10(14)6-4-9/h3-6,8H,2,7H2,1H3,(H,17,18). The van der Waals surface area contributed by atoms with E-state index in [0.717, 1.165) is 0 Å². The van der Waals surface area contributed by atoms with E-state index in [1.54, 1.807) is 24.3 Å². The summed E-state index contributed by atoms with van der Waals surface area (Å²) in [7, 11) is 0. The molecule has 0 aliphatic heterocycles. The largest absolute Gasteiger partial charge is 0.475 e. The highest BCUT2D eigenvalue weighted by molar-refractivity contribution is 6.33. The quantitative estimate of drug-likeness (QED) is 0.636. The average molecular weight is 269 g/mol. The van der Waals surface area contributed by atoms with Gasteiger partial charge in [0, 0.05) is 22.9 Å². The van der Waals surface area contributed by atoms with Crippen molar-refractivity contribution >= 4 is 29.1 Å². The molecule has 0 fully saturated rings. The van der Waals surface area contributed by atoms with Crippen LogP contribution < -0.4 is 0 Å². The molecule has 5 heteroatoms. The molecule has 0 spiro atoms. The van der Waals surface area contributed by atoms with Crippen LogP contribution in [0.4, 0.5) is 0 Å². The summed E-state index contributed by atoms with van der Waals surface area (Å²) in [6, 6.07) is 6.43. The molecule has 0 amide bonds. The minimum absolute atomic E-state index is 0.128. The van der Waals surface area contributed by atoms with E-state index in [1.165, 1.54) is 6.92 Å². The first kappa shape index (κ1) is 14.4. The van der Waals surface area contributed by atoms with E-state index in [0.29, 0.717) is 10.6 Å². The van der Waals surface area contributed by atoms with Gasteiger partial charge in [-0.1, -0.05) is 18.5 Å². The van der Waals surface area contributed by atoms with E-state index in [-0.39, 0.29) is 18.6 Å². The van der Waals surface area contributed by atoms with Crippen molar-refractivity contribution in [1.29, 1.82) is 0 Å². The molecule has 1 aromatic rings. The van der Waals surface area contributed by atoms with Crippen molar-refractivity contribution in [3.8, 4) is 0 Å². The number of aliphatic carboxylic acids is 1. The fourth-order valence-corrected chi connectivity index (χ4v) is 1.60. The number of carboxylic acid groups (broad SMARTS) is 1. The normalized spacial score (nSPS) is 11.9. The molecule has 0 radical (unpaired) electrons. The second-order valence-corrected chi connectivity index (χ2v) is 4.48.